The van der Waals surface area contributed by atoms with Crippen molar-refractivity contribution in [1.82, 2.24) is 4.90 Å². The molecular formula is C22H26N2O7. The van der Waals surface area contributed by atoms with Gasteiger partial charge < -0.3 is 31.3 Å². The lowest BCUT2D eigenvalue weighted by atomic mass is 9.54. The fraction of sp³-hybridized carbons (Fsp3) is 0.455. The van der Waals surface area contributed by atoms with Crippen molar-refractivity contribution < 1.29 is 35.1 Å². The monoisotopic (exact) mass is 430 g/mol. The van der Waals surface area contributed by atoms with E-state index < -0.39 is 65.1 Å². The lowest BCUT2D eigenvalue weighted by Crippen LogP contribution is -2.67. The Bertz CT molecular complexity index is 1060. The number of nitrogens with zero attached hydrogens (tertiary/aromatic N) is 1. The molecule has 0 aromatic heterocycles. The van der Waals surface area contributed by atoms with Crippen LogP contribution in [0, 0.1) is 11.8 Å². The second-order valence-electron chi connectivity index (χ2n) is 8.90. The summed E-state index contributed by atoms with van der Waals surface area (Å²) in [6, 6.07) is 3.62. The molecule has 6 unspecified atom stereocenters. The Morgan fingerprint density at radius 3 is 2.45 bits per heavy atom. The topological polar surface area (TPSA) is 165 Å². The molecule has 166 valence electrons. The Hall–Kier alpha value is -2.88. The van der Waals surface area contributed by atoms with Crippen LogP contribution in [-0.4, -0.2) is 74.0 Å². The van der Waals surface area contributed by atoms with Crippen molar-refractivity contribution in [3.63, 3.8) is 0 Å². The molecule has 1 saturated carbocycles. The number of carbonyl (C=O) groups excluding carboxylic acids is 2. The Morgan fingerprint density at radius 1 is 1.23 bits per heavy atom. The fourth-order valence-corrected chi connectivity index (χ4v) is 5.68. The lowest BCUT2D eigenvalue weighted by molar-refractivity contribution is -0.168. The van der Waals surface area contributed by atoms with Crippen LogP contribution in [0.2, 0.25) is 0 Å². The molecule has 9 heteroatoms. The van der Waals surface area contributed by atoms with Crippen molar-refractivity contribution in [2.24, 2.45) is 17.6 Å². The normalized spacial score (nSPS) is 35.0. The molecule has 6 atom stereocenters. The summed E-state index contributed by atoms with van der Waals surface area (Å²) in [7, 11) is 3.17. The first kappa shape index (κ1) is 21.4. The first-order valence-electron chi connectivity index (χ1n) is 10.0. The highest BCUT2D eigenvalue weighted by Crippen LogP contribution is 2.56. The summed E-state index contributed by atoms with van der Waals surface area (Å²) in [4.78, 5) is 27.1. The number of hydrogen-bond donors (Lipinski definition) is 6. The standard InChI is InChI=1S/C22H26N2O7/c1-8-9-5-4-6-11(25)13(9)18(27)14-12(8)19(28)15-16(24(2)3)17(26)10(21(23)30)7-22(15,31)20(14)29/h4-6,8,12,15-16,19,25-28,31H,7H2,1-3H3,(H2,23,30). The summed E-state index contributed by atoms with van der Waals surface area (Å²) in [6.07, 6.45) is -1.95. The summed E-state index contributed by atoms with van der Waals surface area (Å²) in [5, 5.41) is 55.0. The maximum atomic E-state index is 13.6. The molecule has 3 aliphatic rings. The van der Waals surface area contributed by atoms with Gasteiger partial charge in [0.2, 0.25) is 5.91 Å². The highest BCUT2D eigenvalue weighted by Gasteiger charge is 2.64. The van der Waals surface area contributed by atoms with E-state index in [4.69, 9.17) is 5.73 Å². The number of hydrogen-bond acceptors (Lipinski definition) is 8. The SMILES string of the molecule is CC1c2cccc(O)c2C(O)=C2C(=O)C3(O)CC(C(N)=O)=C(O)C(N(C)C)C3C(O)C21. The number of aliphatic hydroxyl groups excluding tert-OH is 3. The molecule has 4 rings (SSSR count). The fourth-order valence-electron chi connectivity index (χ4n) is 5.68. The molecule has 7 N–H and O–H groups in total. The van der Waals surface area contributed by atoms with Crippen molar-refractivity contribution in [3.05, 3.63) is 46.2 Å². The minimum absolute atomic E-state index is 0.0809. The quantitative estimate of drug-likeness (QED) is 0.390. The van der Waals surface area contributed by atoms with Gasteiger partial charge in [-0.05, 0) is 31.6 Å². The van der Waals surface area contributed by atoms with Crippen LogP contribution in [0.1, 0.15) is 30.4 Å². The predicted molar refractivity (Wildman–Crippen MR) is 110 cm³/mol. The molecule has 1 amide bonds. The highest BCUT2D eigenvalue weighted by atomic mass is 16.3. The van der Waals surface area contributed by atoms with E-state index in [2.05, 4.69) is 0 Å². The van der Waals surface area contributed by atoms with Gasteiger partial charge in [0.1, 0.15) is 22.9 Å². The number of likely N-dealkylation sites (N-methyl/N-ethyl adjacent to an activating group) is 1. The number of primary amides is 1. The van der Waals surface area contributed by atoms with E-state index in [1.165, 1.54) is 11.0 Å². The minimum atomic E-state index is -2.29. The van der Waals surface area contributed by atoms with Crippen LogP contribution in [0.3, 0.4) is 0 Å². The van der Waals surface area contributed by atoms with Crippen molar-refractivity contribution in [2.75, 3.05) is 14.1 Å². The van der Waals surface area contributed by atoms with E-state index in [0.29, 0.717) is 5.56 Å². The molecule has 0 heterocycles. The van der Waals surface area contributed by atoms with Crippen LogP contribution in [0.25, 0.3) is 5.76 Å². The number of phenolic OH excluding ortho intramolecular Hbond substituents is 1. The first-order chi connectivity index (χ1) is 14.4. The van der Waals surface area contributed by atoms with Crippen LogP contribution >= 0.6 is 0 Å². The molecule has 0 bridgehead atoms. The summed E-state index contributed by atoms with van der Waals surface area (Å²) >= 11 is 0. The smallest absolute Gasteiger partial charge is 0.248 e. The second kappa shape index (κ2) is 6.81. The van der Waals surface area contributed by atoms with Gasteiger partial charge in [0, 0.05) is 23.8 Å². The molecule has 1 fully saturated rings. The summed E-state index contributed by atoms with van der Waals surface area (Å²) in [5.74, 6) is -5.52. The molecule has 3 aliphatic carbocycles. The van der Waals surface area contributed by atoms with Gasteiger partial charge in [0.05, 0.1) is 23.3 Å². The van der Waals surface area contributed by atoms with Gasteiger partial charge in [-0.2, -0.15) is 0 Å². The molecule has 1 aromatic carbocycles. The molecule has 0 spiro atoms. The zero-order chi connectivity index (χ0) is 23.0. The van der Waals surface area contributed by atoms with Gasteiger partial charge in [-0.25, -0.2) is 0 Å². The van der Waals surface area contributed by atoms with E-state index in [1.807, 2.05) is 0 Å². The maximum Gasteiger partial charge on any atom is 0.248 e. The van der Waals surface area contributed by atoms with E-state index >= 15 is 0 Å². The Labute approximate surface area is 178 Å². The summed E-state index contributed by atoms with van der Waals surface area (Å²) in [6.45, 7) is 1.76. The van der Waals surface area contributed by atoms with E-state index in [-0.39, 0.29) is 22.5 Å². The van der Waals surface area contributed by atoms with Crippen molar-refractivity contribution in [3.8, 4) is 5.75 Å². The van der Waals surface area contributed by atoms with Gasteiger partial charge in [-0.3, -0.25) is 14.5 Å². The number of rotatable bonds is 2. The van der Waals surface area contributed by atoms with Crippen LogP contribution in [0.5, 0.6) is 5.75 Å². The first-order valence-corrected chi connectivity index (χ1v) is 10.0. The van der Waals surface area contributed by atoms with Gasteiger partial charge in [0.15, 0.2) is 5.78 Å². The number of Topliss-reactive ketones (excluding diaryl/α,β-unsaturated/α-hetero) is 1. The third-order valence-corrected chi connectivity index (χ3v) is 7.08. The number of carbonyl (C=O) groups is 2. The van der Waals surface area contributed by atoms with Crippen molar-refractivity contribution in [1.29, 1.82) is 0 Å². The number of aromatic hydroxyl groups is 1. The second-order valence-corrected chi connectivity index (χ2v) is 8.90. The minimum Gasteiger partial charge on any atom is -0.510 e. The number of phenols is 1. The van der Waals surface area contributed by atoms with Crippen molar-refractivity contribution >= 4 is 17.4 Å². The number of benzene rings is 1. The molecule has 1 aromatic rings. The molecule has 0 radical (unpaired) electrons. The summed E-state index contributed by atoms with van der Waals surface area (Å²) in [5.41, 5.74) is 3.24. The number of nitrogens with two attached hydrogens (primary N) is 1. The summed E-state index contributed by atoms with van der Waals surface area (Å²) < 4.78 is 0. The maximum absolute atomic E-state index is 13.6. The van der Waals surface area contributed by atoms with Crippen LogP contribution < -0.4 is 5.73 Å². The van der Waals surface area contributed by atoms with E-state index in [0.717, 1.165) is 0 Å². The van der Waals surface area contributed by atoms with Gasteiger partial charge >= 0.3 is 0 Å². The van der Waals surface area contributed by atoms with Crippen LogP contribution in [-0.2, 0) is 9.59 Å². The highest BCUT2D eigenvalue weighted by molar-refractivity contribution is 6.10. The molecule has 0 saturated heterocycles. The predicted octanol–water partition coefficient (Wildman–Crippen LogP) is 0.317. The average Bonchev–Trinajstić information content (AvgIpc) is 2.69. The number of fused-ring (bicyclic) bond motifs is 3. The van der Waals surface area contributed by atoms with Crippen LogP contribution in [0.4, 0.5) is 0 Å². The number of amides is 1. The van der Waals surface area contributed by atoms with Gasteiger partial charge in [-0.1, -0.05) is 19.1 Å². The van der Waals surface area contributed by atoms with Gasteiger partial charge in [0.25, 0.3) is 0 Å². The van der Waals surface area contributed by atoms with Crippen molar-refractivity contribution in [2.45, 2.75) is 37.0 Å². The molecular weight excluding hydrogens is 404 g/mol. The Kier molecular flexibility index (Phi) is 4.69. The third-order valence-electron chi connectivity index (χ3n) is 7.08. The Balaban J connectivity index is 1.99. The number of aliphatic hydroxyl groups is 4. The third kappa shape index (κ3) is 2.67. The lowest BCUT2D eigenvalue weighted by Gasteiger charge is -2.54. The van der Waals surface area contributed by atoms with Gasteiger partial charge in [-0.15, -0.1) is 0 Å². The van der Waals surface area contributed by atoms with E-state index in [9.17, 15) is 35.1 Å². The number of ketones is 1. The molecule has 0 aliphatic heterocycles. The molecule has 31 heavy (non-hydrogen) atoms. The Morgan fingerprint density at radius 2 is 1.87 bits per heavy atom. The zero-order valence-corrected chi connectivity index (χ0v) is 17.4. The largest absolute Gasteiger partial charge is 0.510 e. The molecule has 9 nitrogen and oxygen atoms in total. The van der Waals surface area contributed by atoms with E-state index in [1.54, 1.807) is 33.2 Å². The average molecular weight is 430 g/mol. The zero-order valence-electron chi connectivity index (χ0n) is 17.4. The van der Waals surface area contributed by atoms with Crippen LogP contribution in [0.15, 0.2) is 35.1 Å².